The van der Waals surface area contributed by atoms with Gasteiger partial charge in [-0.3, -0.25) is 4.90 Å². The molecule has 1 aliphatic carbocycles. The first-order valence-electron chi connectivity index (χ1n) is 11.9. The molecule has 1 unspecified atom stereocenters. The third-order valence-electron chi connectivity index (χ3n) is 6.52. The normalized spacial score (nSPS) is 22.7. The standard InChI is InChI=1S/C25H32ClF2N3O2S/c1-17(2)33-24-16-19(27)4-10-23(24)31-13-11-30(12-14-31)21-7-5-20(6-8-21)29-34(32)25-15-18(26)3-9-22(25)28/h3-4,9-10,15-17,20-21,29H,5-8,11-14H2,1-2H3. The number of hydrogen-bond donors (Lipinski definition) is 1. The lowest BCUT2D eigenvalue weighted by Gasteiger charge is -2.43. The number of nitrogens with zero attached hydrogens (tertiary/aromatic N) is 2. The molecule has 2 aliphatic rings. The molecule has 1 heterocycles. The SMILES string of the molecule is CC(C)Oc1cc(F)ccc1N1CCN(C2CCC(NS(=O)c3cc(Cl)ccc3F)CC2)CC1. The lowest BCUT2D eigenvalue weighted by atomic mass is 9.90. The highest BCUT2D eigenvalue weighted by Gasteiger charge is 2.30. The minimum atomic E-state index is -1.62. The van der Waals surface area contributed by atoms with E-state index in [9.17, 15) is 13.0 Å². The Balaban J connectivity index is 1.28. The number of piperazine rings is 1. The minimum Gasteiger partial charge on any atom is -0.489 e. The van der Waals surface area contributed by atoms with E-state index < -0.39 is 16.8 Å². The summed E-state index contributed by atoms with van der Waals surface area (Å²) in [6, 6.07) is 9.46. The van der Waals surface area contributed by atoms with E-state index in [1.165, 1.54) is 30.3 Å². The predicted molar refractivity (Wildman–Crippen MR) is 133 cm³/mol. The average molecular weight is 512 g/mol. The highest BCUT2D eigenvalue weighted by Crippen LogP contribution is 2.32. The van der Waals surface area contributed by atoms with Crippen molar-refractivity contribution >= 4 is 28.3 Å². The zero-order valence-electron chi connectivity index (χ0n) is 19.6. The van der Waals surface area contributed by atoms with Gasteiger partial charge < -0.3 is 9.64 Å². The highest BCUT2D eigenvalue weighted by molar-refractivity contribution is 7.83. The summed E-state index contributed by atoms with van der Waals surface area (Å²) in [7, 11) is -1.62. The Morgan fingerprint density at radius 3 is 2.41 bits per heavy atom. The topological polar surface area (TPSA) is 44.8 Å². The van der Waals surface area contributed by atoms with E-state index in [-0.39, 0.29) is 22.9 Å². The van der Waals surface area contributed by atoms with Gasteiger partial charge in [-0.1, -0.05) is 11.6 Å². The van der Waals surface area contributed by atoms with Gasteiger partial charge in [0.25, 0.3) is 0 Å². The molecule has 0 spiro atoms. The minimum absolute atomic E-state index is 0.0182. The van der Waals surface area contributed by atoms with Crippen molar-refractivity contribution in [3.8, 4) is 5.75 Å². The van der Waals surface area contributed by atoms with E-state index >= 15 is 0 Å². The Kier molecular flexibility index (Phi) is 8.45. The summed E-state index contributed by atoms with van der Waals surface area (Å²) < 4.78 is 49.3. The molecular weight excluding hydrogens is 480 g/mol. The van der Waals surface area contributed by atoms with Crippen molar-refractivity contribution in [3.63, 3.8) is 0 Å². The lowest BCUT2D eigenvalue weighted by Crippen LogP contribution is -2.52. The third-order valence-corrected chi connectivity index (χ3v) is 8.01. The van der Waals surface area contributed by atoms with Crippen molar-refractivity contribution in [2.75, 3.05) is 31.1 Å². The number of halogens is 3. The molecule has 34 heavy (non-hydrogen) atoms. The molecular formula is C25H32ClF2N3O2S. The lowest BCUT2D eigenvalue weighted by molar-refractivity contribution is 0.139. The van der Waals surface area contributed by atoms with Crippen LogP contribution in [0.1, 0.15) is 39.5 Å². The molecule has 2 fully saturated rings. The van der Waals surface area contributed by atoms with Crippen LogP contribution in [0.4, 0.5) is 14.5 Å². The van der Waals surface area contributed by atoms with Gasteiger partial charge in [-0.05, 0) is 69.9 Å². The monoisotopic (exact) mass is 511 g/mol. The third kappa shape index (κ3) is 6.27. The summed E-state index contributed by atoms with van der Waals surface area (Å²) in [5, 5.41) is 0.373. The number of nitrogens with one attached hydrogen (secondary N) is 1. The fourth-order valence-electron chi connectivity index (χ4n) is 4.82. The van der Waals surface area contributed by atoms with Crippen molar-refractivity contribution < 1.29 is 17.7 Å². The number of anilines is 1. The maximum atomic E-state index is 14.0. The second kappa shape index (κ2) is 11.3. The molecule has 1 atom stereocenters. The van der Waals surface area contributed by atoms with Crippen molar-refractivity contribution in [1.82, 2.24) is 9.62 Å². The smallest absolute Gasteiger partial charge is 0.145 e. The zero-order chi connectivity index (χ0) is 24.2. The van der Waals surface area contributed by atoms with Crippen molar-refractivity contribution in [2.24, 2.45) is 0 Å². The van der Waals surface area contributed by atoms with E-state index in [4.69, 9.17) is 16.3 Å². The van der Waals surface area contributed by atoms with Gasteiger partial charge in [0, 0.05) is 49.4 Å². The first-order chi connectivity index (χ1) is 16.3. The molecule has 0 amide bonds. The Bertz CT molecular complexity index is 1010. The Morgan fingerprint density at radius 1 is 1.03 bits per heavy atom. The average Bonchev–Trinajstić information content (AvgIpc) is 2.81. The number of hydrogen-bond acceptors (Lipinski definition) is 4. The molecule has 9 heteroatoms. The summed E-state index contributed by atoms with van der Waals surface area (Å²) in [6.45, 7) is 7.46. The van der Waals surface area contributed by atoms with E-state index in [0.717, 1.165) is 57.5 Å². The predicted octanol–water partition coefficient (Wildman–Crippen LogP) is 5.15. The van der Waals surface area contributed by atoms with E-state index in [1.54, 1.807) is 0 Å². The maximum Gasteiger partial charge on any atom is 0.145 e. The molecule has 0 radical (unpaired) electrons. The molecule has 0 bridgehead atoms. The van der Waals surface area contributed by atoms with Gasteiger partial charge >= 0.3 is 0 Å². The van der Waals surface area contributed by atoms with Crippen LogP contribution in [0.5, 0.6) is 5.75 Å². The van der Waals surface area contributed by atoms with E-state index in [2.05, 4.69) is 14.5 Å². The molecule has 1 aliphatic heterocycles. The first-order valence-corrected chi connectivity index (χ1v) is 13.4. The van der Waals surface area contributed by atoms with Gasteiger partial charge in [-0.15, -0.1) is 0 Å². The largest absolute Gasteiger partial charge is 0.489 e. The van der Waals surface area contributed by atoms with Crippen LogP contribution >= 0.6 is 11.6 Å². The summed E-state index contributed by atoms with van der Waals surface area (Å²) in [6.07, 6.45) is 3.78. The van der Waals surface area contributed by atoms with Crippen molar-refractivity contribution in [2.45, 2.75) is 62.6 Å². The summed E-state index contributed by atoms with van der Waals surface area (Å²) in [4.78, 5) is 4.89. The zero-order valence-corrected chi connectivity index (χ0v) is 21.2. The van der Waals surface area contributed by atoms with Gasteiger partial charge in [0.2, 0.25) is 0 Å². The Hall–Kier alpha value is -1.74. The summed E-state index contributed by atoms with van der Waals surface area (Å²) in [5.74, 6) is -0.202. The van der Waals surface area contributed by atoms with Gasteiger partial charge in [0.1, 0.15) is 28.4 Å². The van der Waals surface area contributed by atoms with Crippen LogP contribution < -0.4 is 14.4 Å². The fraction of sp³-hybridized carbons (Fsp3) is 0.520. The van der Waals surface area contributed by atoms with Crippen molar-refractivity contribution in [3.05, 3.63) is 53.1 Å². The van der Waals surface area contributed by atoms with Gasteiger partial charge in [-0.25, -0.2) is 17.7 Å². The van der Waals surface area contributed by atoms with Crippen LogP contribution in [0.2, 0.25) is 5.02 Å². The summed E-state index contributed by atoms with van der Waals surface area (Å²) >= 11 is 5.93. The maximum absolute atomic E-state index is 14.0. The molecule has 0 aromatic heterocycles. The quantitative estimate of drug-likeness (QED) is 0.558. The van der Waals surface area contributed by atoms with Crippen LogP contribution in [0.3, 0.4) is 0 Å². The molecule has 1 saturated heterocycles. The Morgan fingerprint density at radius 2 is 1.74 bits per heavy atom. The number of rotatable bonds is 7. The molecule has 4 rings (SSSR count). The van der Waals surface area contributed by atoms with E-state index in [1.807, 2.05) is 19.9 Å². The van der Waals surface area contributed by atoms with Crippen LogP contribution in [0.15, 0.2) is 41.3 Å². The van der Waals surface area contributed by atoms with Crippen LogP contribution in [0.25, 0.3) is 0 Å². The second-order valence-electron chi connectivity index (χ2n) is 9.27. The number of benzene rings is 2. The van der Waals surface area contributed by atoms with Gasteiger partial charge in [0.15, 0.2) is 0 Å². The van der Waals surface area contributed by atoms with Crippen LogP contribution in [0, 0.1) is 11.6 Å². The Labute approximate surface area is 208 Å². The molecule has 186 valence electrons. The highest BCUT2D eigenvalue weighted by atomic mass is 35.5. The molecule has 2 aromatic carbocycles. The number of ether oxygens (including phenoxy) is 1. The van der Waals surface area contributed by atoms with Gasteiger partial charge in [0.05, 0.1) is 16.7 Å². The van der Waals surface area contributed by atoms with Crippen LogP contribution in [-0.2, 0) is 11.0 Å². The van der Waals surface area contributed by atoms with Crippen molar-refractivity contribution in [1.29, 1.82) is 0 Å². The molecule has 5 nitrogen and oxygen atoms in total. The fourth-order valence-corrected chi connectivity index (χ4v) is 6.20. The molecule has 2 aromatic rings. The molecule has 1 saturated carbocycles. The first kappa shape index (κ1) is 25.4. The van der Waals surface area contributed by atoms with Crippen LogP contribution in [-0.4, -0.2) is 53.5 Å². The van der Waals surface area contributed by atoms with Gasteiger partial charge in [-0.2, -0.15) is 0 Å². The second-order valence-corrected chi connectivity index (χ2v) is 10.9. The molecule has 1 N–H and O–H groups in total. The summed E-state index contributed by atoms with van der Waals surface area (Å²) in [5.41, 5.74) is 0.943. The van der Waals surface area contributed by atoms with E-state index in [0.29, 0.717) is 16.8 Å².